The maximum atomic E-state index is 12.8. The number of carbonyl (C=O) groups is 1. The molecule has 18 heavy (non-hydrogen) atoms. The minimum Gasteiger partial charge on any atom is -0.486 e. The number of amides is 1. The Morgan fingerprint density at radius 1 is 1.50 bits per heavy atom. The van der Waals surface area contributed by atoms with Gasteiger partial charge in [-0.3, -0.25) is 4.79 Å². The van der Waals surface area contributed by atoms with E-state index in [-0.39, 0.29) is 11.9 Å². The molecule has 0 aliphatic heterocycles. The zero-order valence-corrected chi connectivity index (χ0v) is 10.0. The Bertz CT molecular complexity index is 535. The van der Waals surface area contributed by atoms with Crippen molar-refractivity contribution in [1.82, 2.24) is 0 Å². The van der Waals surface area contributed by atoms with Gasteiger partial charge in [-0.25, -0.2) is 4.39 Å². The number of aryl methyl sites for hydroxylation is 1. The first-order valence-corrected chi connectivity index (χ1v) is 5.67. The minimum absolute atomic E-state index is 0.178. The molecular weight excluding hydrogens is 233 g/mol. The SMILES string of the molecule is Cc1cc(C(N)=O)ccc1OC1C=CC(F)=CC1. The average molecular weight is 247 g/mol. The molecule has 1 aliphatic carbocycles. The number of allylic oxidation sites excluding steroid dienone is 2. The predicted molar refractivity (Wildman–Crippen MR) is 67.1 cm³/mol. The number of nitrogens with two attached hydrogens (primary N) is 1. The lowest BCUT2D eigenvalue weighted by Gasteiger charge is -2.18. The van der Waals surface area contributed by atoms with E-state index in [2.05, 4.69) is 0 Å². The Morgan fingerprint density at radius 2 is 2.28 bits per heavy atom. The lowest BCUT2D eigenvalue weighted by molar-refractivity contribution is 0.1000. The number of halogens is 1. The smallest absolute Gasteiger partial charge is 0.248 e. The second kappa shape index (κ2) is 5.04. The average Bonchev–Trinajstić information content (AvgIpc) is 2.34. The highest BCUT2D eigenvalue weighted by Crippen LogP contribution is 2.23. The summed E-state index contributed by atoms with van der Waals surface area (Å²) in [4.78, 5) is 11.0. The Hall–Kier alpha value is -2.10. The van der Waals surface area contributed by atoms with Crippen molar-refractivity contribution in [1.29, 1.82) is 0 Å². The van der Waals surface area contributed by atoms with E-state index in [0.717, 1.165) is 5.56 Å². The van der Waals surface area contributed by atoms with Gasteiger partial charge in [-0.1, -0.05) is 0 Å². The molecule has 1 amide bonds. The molecule has 0 spiro atoms. The zero-order valence-electron chi connectivity index (χ0n) is 10.0. The Labute approximate surface area is 105 Å². The molecule has 0 radical (unpaired) electrons. The van der Waals surface area contributed by atoms with Gasteiger partial charge in [-0.2, -0.15) is 0 Å². The van der Waals surface area contributed by atoms with Crippen molar-refractivity contribution in [3.8, 4) is 5.75 Å². The summed E-state index contributed by atoms with van der Waals surface area (Å²) >= 11 is 0. The zero-order chi connectivity index (χ0) is 13.1. The van der Waals surface area contributed by atoms with Gasteiger partial charge in [-0.05, 0) is 48.9 Å². The largest absolute Gasteiger partial charge is 0.486 e. The first kappa shape index (κ1) is 12.4. The topological polar surface area (TPSA) is 52.3 Å². The second-order valence-corrected chi connectivity index (χ2v) is 4.18. The van der Waals surface area contributed by atoms with Crippen LogP contribution in [-0.4, -0.2) is 12.0 Å². The Kier molecular flexibility index (Phi) is 3.46. The van der Waals surface area contributed by atoms with Crippen molar-refractivity contribution in [3.63, 3.8) is 0 Å². The van der Waals surface area contributed by atoms with Crippen LogP contribution in [0.5, 0.6) is 5.75 Å². The van der Waals surface area contributed by atoms with Crippen molar-refractivity contribution in [2.45, 2.75) is 19.4 Å². The molecule has 2 N–H and O–H groups in total. The maximum absolute atomic E-state index is 12.8. The van der Waals surface area contributed by atoms with E-state index in [1.54, 1.807) is 24.3 Å². The van der Waals surface area contributed by atoms with Crippen molar-refractivity contribution >= 4 is 5.91 Å². The van der Waals surface area contributed by atoms with Crippen LogP contribution in [0.25, 0.3) is 0 Å². The van der Waals surface area contributed by atoms with Crippen molar-refractivity contribution in [2.75, 3.05) is 0 Å². The molecule has 1 aromatic rings. The Balaban J connectivity index is 2.11. The fraction of sp³-hybridized carbons (Fsp3) is 0.214. The highest BCUT2D eigenvalue weighted by molar-refractivity contribution is 5.93. The highest BCUT2D eigenvalue weighted by atomic mass is 19.1. The third kappa shape index (κ3) is 2.77. The van der Waals surface area contributed by atoms with Crippen molar-refractivity contribution < 1.29 is 13.9 Å². The molecular formula is C14H14FNO2. The number of hydrogen-bond acceptors (Lipinski definition) is 2. The summed E-state index contributed by atoms with van der Waals surface area (Å²) in [5.74, 6) is -0.0341. The summed E-state index contributed by atoms with van der Waals surface area (Å²) in [5, 5.41) is 0. The lowest BCUT2D eigenvalue weighted by Crippen LogP contribution is -2.16. The van der Waals surface area contributed by atoms with Gasteiger partial charge in [0.25, 0.3) is 0 Å². The fourth-order valence-electron chi connectivity index (χ4n) is 1.76. The molecule has 0 heterocycles. The summed E-state index contributed by atoms with van der Waals surface area (Å²) in [6.45, 7) is 1.84. The van der Waals surface area contributed by atoms with Crippen LogP contribution in [0, 0.1) is 6.92 Å². The third-order valence-electron chi connectivity index (χ3n) is 2.75. The van der Waals surface area contributed by atoms with Crippen LogP contribution in [0.15, 0.2) is 42.3 Å². The first-order valence-electron chi connectivity index (χ1n) is 5.67. The van der Waals surface area contributed by atoms with Gasteiger partial charge in [0.2, 0.25) is 5.91 Å². The minimum atomic E-state index is -0.466. The van der Waals surface area contributed by atoms with Gasteiger partial charge in [0.15, 0.2) is 0 Å². The summed E-state index contributed by atoms with van der Waals surface area (Å²) < 4.78 is 18.5. The normalized spacial score (nSPS) is 18.3. The molecule has 0 fully saturated rings. The third-order valence-corrected chi connectivity index (χ3v) is 2.75. The van der Waals surface area contributed by atoms with Gasteiger partial charge in [0, 0.05) is 12.0 Å². The number of benzene rings is 1. The van der Waals surface area contributed by atoms with Crippen LogP contribution < -0.4 is 10.5 Å². The molecule has 2 rings (SSSR count). The van der Waals surface area contributed by atoms with Gasteiger partial charge in [0.1, 0.15) is 17.7 Å². The summed E-state index contributed by atoms with van der Waals surface area (Å²) in [6.07, 6.45) is 4.87. The number of ether oxygens (including phenoxy) is 1. The molecule has 1 aliphatic rings. The molecule has 4 heteroatoms. The van der Waals surface area contributed by atoms with Crippen molar-refractivity contribution in [3.05, 3.63) is 53.4 Å². The van der Waals surface area contributed by atoms with E-state index in [9.17, 15) is 9.18 Å². The van der Waals surface area contributed by atoms with Crippen LogP contribution in [0.4, 0.5) is 4.39 Å². The Morgan fingerprint density at radius 3 is 2.83 bits per heavy atom. The molecule has 0 bridgehead atoms. The van der Waals surface area contributed by atoms with E-state index in [4.69, 9.17) is 10.5 Å². The van der Waals surface area contributed by atoms with Crippen LogP contribution in [-0.2, 0) is 0 Å². The molecule has 1 unspecified atom stereocenters. The summed E-state index contributed by atoms with van der Waals surface area (Å²) in [7, 11) is 0. The second-order valence-electron chi connectivity index (χ2n) is 4.18. The van der Waals surface area contributed by atoms with E-state index in [1.165, 1.54) is 12.2 Å². The van der Waals surface area contributed by atoms with E-state index < -0.39 is 5.91 Å². The number of primary amides is 1. The summed E-state index contributed by atoms with van der Waals surface area (Å²) in [5.41, 5.74) is 6.47. The summed E-state index contributed by atoms with van der Waals surface area (Å²) in [6, 6.07) is 5.01. The van der Waals surface area contributed by atoms with E-state index in [1.807, 2.05) is 6.92 Å². The van der Waals surface area contributed by atoms with Gasteiger partial charge in [-0.15, -0.1) is 0 Å². The standard InChI is InChI=1S/C14H14FNO2/c1-9-8-10(14(16)17)2-7-13(9)18-12-5-3-11(15)4-6-12/h2-5,7-8,12H,6H2,1H3,(H2,16,17). The van der Waals surface area contributed by atoms with Gasteiger partial charge >= 0.3 is 0 Å². The molecule has 3 nitrogen and oxygen atoms in total. The number of carbonyl (C=O) groups excluding carboxylic acids is 1. The van der Waals surface area contributed by atoms with E-state index >= 15 is 0 Å². The molecule has 0 saturated heterocycles. The fourth-order valence-corrected chi connectivity index (χ4v) is 1.76. The van der Waals surface area contributed by atoms with Crippen LogP contribution in [0.2, 0.25) is 0 Å². The van der Waals surface area contributed by atoms with Crippen LogP contribution >= 0.6 is 0 Å². The molecule has 1 aromatic carbocycles. The van der Waals surface area contributed by atoms with Crippen LogP contribution in [0.3, 0.4) is 0 Å². The molecule has 94 valence electrons. The molecule has 0 saturated carbocycles. The monoisotopic (exact) mass is 247 g/mol. The quantitative estimate of drug-likeness (QED) is 0.892. The van der Waals surface area contributed by atoms with E-state index in [0.29, 0.717) is 17.7 Å². The molecule has 0 aromatic heterocycles. The maximum Gasteiger partial charge on any atom is 0.248 e. The number of rotatable bonds is 3. The lowest BCUT2D eigenvalue weighted by atomic mass is 10.1. The first-order chi connectivity index (χ1) is 8.56. The predicted octanol–water partition coefficient (Wildman–Crippen LogP) is 2.65. The number of hydrogen-bond donors (Lipinski definition) is 1. The van der Waals surface area contributed by atoms with Gasteiger partial charge < -0.3 is 10.5 Å². The highest BCUT2D eigenvalue weighted by Gasteiger charge is 2.12. The van der Waals surface area contributed by atoms with Gasteiger partial charge in [0.05, 0.1) is 0 Å². The van der Waals surface area contributed by atoms with Crippen LogP contribution in [0.1, 0.15) is 22.3 Å². The molecule has 1 atom stereocenters. The van der Waals surface area contributed by atoms with Crippen molar-refractivity contribution in [2.24, 2.45) is 5.73 Å².